The summed E-state index contributed by atoms with van der Waals surface area (Å²) < 4.78 is 42.0. The molecule has 156 valence electrons. The average molecular weight is 489 g/mol. The van der Waals surface area contributed by atoms with Crippen molar-refractivity contribution in [1.82, 2.24) is 9.55 Å². The quantitative estimate of drug-likeness (QED) is 0.406. The van der Waals surface area contributed by atoms with Crippen LogP contribution in [0.15, 0.2) is 41.7 Å². The monoisotopic (exact) mass is 487 g/mol. The molecule has 0 aliphatic rings. The third-order valence-corrected chi connectivity index (χ3v) is 4.35. The number of rotatable bonds is 2. The first-order chi connectivity index (χ1) is 12.6. The summed E-state index contributed by atoms with van der Waals surface area (Å²) in [6.07, 6.45) is -3.55. The van der Waals surface area contributed by atoms with Crippen LogP contribution in [0.4, 0.5) is 13.2 Å². The molecule has 0 spiro atoms. The Balaban J connectivity index is 0.00000210. The Bertz CT molecular complexity index is 1090. The zero-order valence-corrected chi connectivity index (χ0v) is 17.2. The van der Waals surface area contributed by atoms with Crippen LogP contribution in [0.3, 0.4) is 0 Å². The first-order valence-electron chi connectivity index (χ1n) is 7.25. The zero-order chi connectivity index (χ0) is 19.9. The van der Waals surface area contributed by atoms with Gasteiger partial charge in [0, 0.05) is 5.56 Å². The largest absolute Gasteiger partial charge is 0.418 e. The van der Waals surface area contributed by atoms with Gasteiger partial charge < -0.3 is 11.5 Å². The van der Waals surface area contributed by atoms with Crippen LogP contribution < -0.4 is 11.5 Å². The molecule has 4 N–H and O–H groups in total. The van der Waals surface area contributed by atoms with E-state index in [4.69, 9.17) is 34.7 Å². The normalized spacial score (nSPS) is 10.8. The van der Waals surface area contributed by atoms with Gasteiger partial charge in [0.25, 0.3) is 5.91 Å². The Labute approximate surface area is 184 Å². The lowest BCUT2D eigenvalue weighted by atomic mass is 10.1. The summed E-state index contributed by atoms with van der Waals surface area (Å²) >= 11 is 11.9. The minimum absolute atomic E-state index is 0. The molecule has 1 amide bonds. The number of amides is 1. The van der Waals surface area contributed by atoms with E-state index in [1.165, 1.54) is 29.1 Å². The van der Waals surface area contributed by atoms with Crippen molar-refractivity contribution in [2.24, 2.45) is 16.5 Å². The molecule has 29 heavy (non-hydrogen) atoms. The number of alkyl halides is 3. The van der Waals surface area contributed by atoms with E-state index in [0.29, 0.717) is 17.1 Å². The number of aromatic nitrogens is 2. The van der Waals surface area contributed by atoms with Gasteiger partial charge in [-0.15, -0.1) is 24.8 Å². The van der Waals surface area contributed by atoms with Gasteiger partial charge in [0.05, 0.1) is 32.3 Å². The standard InChI is InChI=1S/C16H10Cl2F3N5O.2ClH/c17-9-4-11-13(5-10(9)18)26(6-24-11)12-2-1-7(14(27)25-15(22)23)3-8(12)16(19,20)21;;/h1-6H,(H4,22,23,25,27);2*1H. The van der Waals surface area contributed by atoms with Gasteiger partial charge in [-0.25, -0.2) is 4.98 Å². The topological polar surface area (TPSA) is 99.3 Å². The van der Waals surface area contributed by atoms with Crippen molar-refractivity contribution in [1.29, 1.82) is 0 Å². The molecule has 0 saturated heterocycles. The summed E-state index contributed by atoms with van der Waals surface area (Å²) in [6, 6.07) is 5.84. The minimum Gasteiger partial charge on any atom is -0.370 e. The molecule has 3 aromatic rings. The number of guanidine groups is 1. The molecule has 6 nitrogen and oxygen atoms in total. The SMILES string of the molecule is Cl.Cl.NC(N)=NC(=O)c1ccc(-n2cnc3cc(Cl)c(Cl)cc32)c(C(F)(F)F)c1. The predicted octanol–water partition coefficient (Wildman–Crippen LogP) is 4.61. The molecule has 2 aromatic carbocycles. The Kier molecular flexibility index (Phi) is 7.78. The molecule has 0 atom stereocenters. The third-order valence-electron chi connectivity index (χ3n) is 3.63. The molecule has 0 bridgehead atoms. The van der Waals surface area contributed by atoms with E-state index in [1.807, 2.05) is 0 Å². The van der Waals surface area contributed by atoms with Crippen LogP contribution in [0.1, 0.15) is 15.9 Å². The van der Waals surface area contributed by atoms with Gasteiger partial charge in [-0.1, -0.05) is 23.2 Å². The molecule has 1 aromatic heterocycles. The number of carbonyl (C=O) groups is 1. The number of nitrogens with two attached hydrogens (primary N) is 2. The van der Waals surface area contributed by atoms with Gasteiger partial charge in [0.2, 0.25) is 0 Å². The molecule has 0 aliphatic carbocycles. The van der Waals surface area contributed by atoms with E-state index < -0.39 is 23.6 Å². The highest BCUT2D eigenvalue weighted by atomic mass is 35.5. The van der Waals surface area contributed by atoms with E-state index in [1.54, 1.807) is 0 Å². The number of aliphatic imine (C=N–C) groups is 1. The molecule has 0 fully saturated rings. The van der Waals surface area contributed by atoms with Crippen molar-refractivity contribution < 1.29 is 18.0 Å². The third kappa shape index (κ3) is 5.05. The maximum Gasteiger partial charge on any atom is 0.418 e. The van der Waals surface area contributed by atoms with Crippen molar-refractivity contribution >= 4 is 70.9 Å². The number of halogens is 7. The molecular weight excluding hydrogens is 477 g/mol. The predicted molar refractivity (Wildman–Crippen MR) is 111 cm³/mol. The summed E-state index contributed by atoms with van der Waals surface area (Å²) in [4.78, 5) is 19.2. The van der Waals surface area contributed by atoms with Crippen LogP contribution in [-0.4, -0.2) is 21.4 Å². The van der Waals surface area contributed by atoms with Crippen LogP contribution in [-0.2, 0) is 6.18 Å². The number of fused-ring (bicyclic) bond motifs is 1. The van der Waals surface area contributed by atoms with E-state index in [0.717, 1.165) is 6.07 Å². The highest BCUT2D eigenvalue weighted by Crippen LogP contribution is 2.36. The highest BCUT2D eigenvalue weighted by Gasteiger charge is 2.35. The van der Waals surface area contributed by atoms with Gasteiger partial charge in [-0.2, -0.15) is 18.2 Å². The van der Waals surface area contributed by atoms with Gasteiger partial charge in [0.15, 0.2) is 5.96 Å². The maximum atomic E-state index is 13.6. The molecule has 0 unspecified atom stereocenters. The van der Waals surface area contributed by atoms with Gasteiger partial charge in [-0.3, -0.25) is 9.36 Å². The fourth-order valence-corrected chi connectivity index (χ4v) is 2.80. The molecule has 3 rings (SSSR count). The Morgan fingerprint density at radius 3 is 2.28 bits per heavy atom. The van der Waals surface area contributed by atoms with E-state index >= 15 is 0 Å². The van der Waals surface area contributed by atoms with Gasteiger partial charge in [-0.05, 0) is 30.3 Å². The molecule has 1 heterocycles. The van der Waals surface area contributed by atoms with Crippen LogP contribution in [0.25, 0.3) is 16.7 Å². The van der Waals surface area contributed by atoms with Crippen molar-refractivity contribution in [2.75, 3.05) is 0 Å². The summed E-state index contributed by atoms with van der Waals surface area (Å²) in [5, 5.41) is 0.391. The molecule has 0 radical (unpaired) electrons. The lowest BCUT2D eigenvalue weighted by Crippen LogP contribution is -2.24. The second-order valence-electron chi connectivity index (χ2n) is 5.44. The zero-order valence-electron chi connectivity index (χ0n) is 14.1. The van der Waals surface area contributed by atoms with Gasteiger partial charge >= 0.3 is 6.18 Å². The van der Waals surface area contributed by atoms with Crippen LogP contribution in [0, 0.1) is 0 Å². The fraction of sp³-hybridized carbons (Fsp3) is 0.0625. The molecule has 0 aliphatic heterocycles. The van der Waals surface area contributed by atoms with E-state index in [-0.39, 0.29) is 46.1 Å². The number of hydrogen-bond donors (Lipinski definition) is 2. The summed E-state index contributed by atoms with van der Waals surface area (Å²) in [5.41, 5.74) is 9.25. The first-order valence-corrected chi connectivity index (χ1v) is 8.01. The van der Waals surface area contributed by atoms with Crippen molar-refractivity contribution in [3.63, 3.8) is 0 Å². The lowest BCUT2D eigenvalue weighted by molar-refractivity contribution is -0.137. The number of carbonyl (C=O) groups excluding carboxylic acids is 1. The number of benzene rings is 2. The average Bonchev–Trinajstić information content (AvgIpc) is 2.96. The minimum atomic E-state index is -4.75. The molecule has 0 saturated carbocycles. The van der Waals surface area contributed by atoms with E-state index in [9.17, 15) is 18.0 Å². The Morgan fingerprint density at radius 1 is 1.07 bits per heavy atom. The number of nitrogens with zero attached hydrogens (tertiary/aromatic N) is 3. The Morgan fingerprint density at radius 2 is 1.69 bits per heavy atom. The fourth-order valence-electron chi connectivity index (χ4n) is 2.48. The Hall–Kier alpha value is -2.20. The second-order valence-corrected chi connectivity index (χ2v) is 6.26. The summed E-state index contributed by atoms with van der Waals surface area (Å²) in [5.74, 6) is -1.54. The highest BCUT2D eigenvalue weighted by molar-refractivity contribution is 6.42. The maximum absolute atomic E-state index is 13.6. The molecule has 13 heteroatoms. The second kappa shape index (κ2) is 9.08. The summed E-state index contributed by atoms with van der Waals surface area (Å²) in [7, 11) is 0. The van der Waals surface area contributed by atoms with Gasteiger partial charge in [0.1, 0.15) is 6.33 Å². The lowest BCUT2D eigenvalue weighted by Gasteiger charge is -2.15. The van der Waals surface area contributed by atoms with Crippen LogP contribution in [0.2, 0.25) is 10.0 Å². The summed E-state index contributed by atoms with van der Waals surface area (Å²) in [6.45, 7) is 0. The number of imidazole rings is 1. The number of hydrogen-bond acceptors (Lipinski definition) is 2. The van der Waals surface area contributed by atoms with E-state index in [2.05, 4.69) is 9.98 Å². The smallest absolute Gasteiger partial charge is 0.370 e. The molecular formula is C16H12Cl4F3N5O. The first kappa shape index (κ1) is 24.8. The van der Waals surface area contributed by atoms with Crippen LogP contribution >= 0.6 is 48.0 Å². The van der Waals surface area contributed by atoms with Crippen LogP contribution in [0.5, 0.6) is 0 Å². The van der Waals surface area contributed by atoms with Crippen molar-refractivity contribution in [3.8, 4) is 5.69 Å². The van der Waals surface area contributed by atoms with Crippen molar-refractivity contribution in [3.05, 3.63) is 57.8 Å². The van der Waals surface area contributed by atoms with Crippen molar-refractivity contribution in [2.45, 2.75) is 6.18 Å².